The largest absolute Gasteiger partial charge is 0.484 e. The Morgan fingerprint density at radius 2 is 1.94 bits per heavy atom. The molecule has 1 aliphatic heterocycles. The zero-order chi connectivity index (χ0) is 23.2. The van der Waals surface area contributed by atoms with Gasteiger partial charge in [0.25, 0.3) is 5.91 Å². The first-order valence-corrected chi connectivity index (χ1v) is 11.7. The Kier molecular flexibility index (Phi) is 5.87. The lowest BCUT2D eigenvalue weighted by Crippen LogP contribution is -2.53. The fourth-order valence-corrected chi connectivity index (χ4v) is 5.59. The van der Waals surface area contributed by atoms with Crippen LogP contribution in [-0.4, -0.2) is 48.2 Å². The quantitative estimate of drug-likeness (QED) is 0.629. The number of benzene rings is 2. The summed E-state index contributed by atoms with van der Waals surface area (Å²) in [4.78, 5) is 26.9. The summed E-state index contributed by atoms with van der Waals surface area (Å²) in [5, 5.41) is 3.74. The molecule has 0 spiro atoms. The third-order valence-corrected chi connectivity index (χ3v) is 7.48. The minimum atomic E-state index is -0.598. The number of amides is 2. The molecule has 9 heteroatoms. The van der Waals surface area contributed by atoms with Crippen molar-refractivity contribution >= 4 is 35.2 Å². The van der Waals surface area contributed by atoms with Crippen molar-refractivity contribution in [1.29, 1.82) is 0 Å². The van der Waals surface area contributed by atoms with Crippen molar-refractivity contribution in [3.05, 3.63) is 63.9 Å². The number of hydrogen-bond donors (Lipinski definition) is 1. The summed E-state index contributed by atoms with van der Waals surface area (Å²) in [5.41, 5.74) is 0.746. The Morgan fingerprint density at radius 1 is 1.18 bits per heavy atom. The molecule has 3 saturated carbocycles. The van der Waals surface area contributed by atoms with Gasteiger partial charge in [-0.25, -0.2) is 9.18 Å². The standard InChI is InChI=1S/C24H23Cl2FN2O4/c25-17-3-1-14(2-4-17)16-11-29(23(31)33-12-16)21-10-24(8-15(21)9-24)28-22(30)13-32-18-5-6-19(26)20(27)7-18/h1-7,15-16,21H,8-13H2,(H,28,30). The second kappa shape index (κ2) is 8.69. The Hall–Kier alpha value is -2.51. The van der Waals surface area contributed by atoms with Crippen LogP contribution in [0.3, 0.4) is 0 Å². The second-order valence-corrected chi connectivity index (χ2v) is 9.95. The average molecular weight is 493 g/mol. The van der Waals surface area contributed by atoms with E-state index in [-0.39, 0.29) is 46.9 Å². The fraction of sp³-hybridized carbons (Fsp3) is 0.417. The second-order valence-electron chi connectivity index (χ2n) is 9.11. The molecular weight excluding hydrogens is 470 g/mol. The summed E-state index contributed by atoms with van der Waals surface area (Å²) in [5.74, 6) is -0.224. The molecule has 33 heavy (non-hydrogen) atoms. The Labute approximate surface area is 200 Å². The minimum Gasteiger partial charge on any atom is -0.484 e. The van der Waals surface area contributed by atoms with Gasteiger partial charge in [0.1, 0.15) is 18.2 Å². The van der Waals surface area contributed by atoms with Crippen LogP contribution < -0.4 is 10.1 Å². The van der Waals surface area contributed by atoms with Crippen LogP contribution in [0.25, 0.3) is 0 Å². The van der Waals surface area contributed by atoms with Crippen molar-refractivity contribution in [2.24, 2.45) is 5.92 Å². The summed E-state index contributed by atoms with van der Waals surface area (Å²) in [6.45, 7) is 0.707. The zero-order valence-electron chi connectivity index (χ0n) is 17.7. The third kappa shape index (κ3) is 4.49. The predicted molar refractivity (Wildman–Crippen MR) is 121 cm³/mol. The lowest BCUT2D eigenvalue weighted by Gasteiger charge is -2.40. The van der Waals surface area contributed by atoms with Crippen molar-refractivity contribution in [3.8, 4) is 5.75 Å². The summed E-state index contributed by atoms with van der Waals surface area (Å²) in [6.07, 6.45) is 2.01. The molecule has 1 saturated heterocycles. The molecule has 6 nitrogen and oxygen atoms in total. The van der Waals surface area contributed by atoms with E-state index in [1.807, 2.05) is 29.2 Å². The monoisotopic (exact) mass is 492 g/mol. The third-order valence-electron chi connectivity index (χ3n) is 6.92. The normalized spacial score (nSPS) is 28.2. The van der Waals surface area contributed by atoms with E-state index in [1.54, 1.807) is 0 Å². The van der Waals surface area contributed by atoms with Gasteiger partial charge >= 0.3 is 6.09 Å². The number of cyclic esters (lactones) is 1. The van der Waals surface area contributed by atoms with E-state index in [0.29, 0.717) is 30.5 Å². The SMILES string of the molecule is O=C(COc1ccc(Cl)c(F)c1)NC12CC(C1)C(N1CC(c3ccc(Cl)cc3)COC1=O)C2. The first-order valence-electron chi connectivity index (χ1n) is 10.9. The molecule has 0 aromatic heterocycles. The molecule has 1 N–H and O–H groups in total. The van der Waals surface area contributed by atoms with Gasteiger partial charge in [0.2, 0.25) is 0 Å². The maximum Gasteiger partial charge on any atom is 0.410 e. The van der Waals surface area contributed by atoms with Gasteiger partial charge in [0.15, 0.2) is 6.61 Å². The van der Waals surface area contributed by atoms with Gasteiger partial charge in [-0.1, -0.05) is 35.3 Å². The van der Waals surface area contributed by atoms with Gasteiger partial charge in [0, 0.05) is 35.1 Å². The molecule has 4 fully saturated rings. The van der Waals surface area contributed by atoms with Crippen LogP contribution in [0.4, 0.5) is 9.18 Å². The van der Waals surface area contributed by atoms with Gasteiger partial charge < -0.3 is 19.7 Å². The highest BCUT2D eigenvalue weighted by molar-refractivity contribution is 6.30. The summed E-state index contributed by atoms with van der Waals surface area (Å²) in [6, 6.07) is 11.7. The van der Waals surface area contributed by atoms with E-state index in [9.17, 15) is 14.0 Å². The minimum absolute atomic E-state index is 0.00209. The Bertz CT molecular complexity index is 1070. The molecule has 2 aromatic rings. The lowest BCUT2D eigenvalue weighted by atomic mass is 9.76. The number of carbonyl (C=O) groups is 2. The molecule has 0 radical (unpaired) electrons. The van der Waals surface area contributed by atoms with Crippen LogP contribution in [0.5, 0.6) is 5.75 Å². The first kappa shape index (κ1) is 22.3. The number of hydrogen-bond acceptors (Lipinski definition) is 4. The molecule has 2 amide bonds. The number of fused-ring (bicyclic) bond motifs is 1. The van der Waals surface area contributed by atoms with Gasteiger partial charge in [-0.15, -0.1) is 0 Å². The van der Waals surface area contributed by atoms with Crippen LogP contribution in [0.15, 0.2) is 42.5 Å². The highest BCUT2D eigenvalue weighted by Crippen LogP contribution is 2.54. The average Bonchev–Trinajstić information content (AvgIpc) is 3.31. The van der Waals surface area contributed by atoms with Crippen molar-refractivity contribution in [3.63, 3.8) is 0 Å². The first-order chi connectivity index (χ1) is 15.8. The summed E-state index contributed by atoms with van der Waals surface area (Å²) < 4.78 is 24.4. The van der Waals surface area contributed by atoms with Crippen molar-refractivity contribution in [2.45, 2.75) is 36.8 Å². The summed E-state index contributed by atoms with van der Waals surface area (Å²) >= 11 is 11.7. The molecular formula is C24H23Cl2FN2O4. The molecule has 3 aliphatic carbocycles. The van der Waals surface area contributed by atoms with Gasteiger partial charge in [-0.3, -0.25) is 4.79 Å². The van der Waals surface area contributed by atoms with E-state index in [2.05, 4.69) is 5.32 Å². The number of nitrogens with zero attached hydrogens (tertiary/aromatic N) is 1. The van der Waals surface area contributed by atoms with Gasteiger partial charge in [0.05, 0.1) is 5.02 Å². The summed E-state index contributed by atoms with van der Waals surface area (Å²) in [7, 11) is 0. The molecule has 2 bridgehead atoms. The number of ether oxygens (including phenoxy) is 2. The van der Waals surface area contributed by atoms with Crippen LogP contribution in [0.2, 0.25) is 10.0 Å². The van der Waals surface area contributed by atoms with Crippen molar-refractivity contribution in [1.82, 2.24) is 10.2 Å². The topological polar surface area (TPSA) is 67.9 Å². The number of halogens is 3. The Balaban J connectivity index is 1.18. The van der Waals surface area contributed by atoms with Crippen LogP contribution >= 0.6 is 23.2 Å². The molecule has 1 heterocycles. The maximum atomic E-state index is 13.5. The molecule has 2 aromatic carbocycles. The zero-order valence-corrected chi connectivity index (χ0v) is 19.2. The lowest BCUT2D eigenvalue weighted by molar-refractivity contribution is -0.125. The van der Waals surface area contributed by atoms with Crippen LogP contribution in [-0.2, 0) is 9.53 Å². The van der Waals surface area contributed by atoms with E-state index in [4.69, 9.17) is 32.7 Å². The predicted octanol–water partition coefficient (Wildman–Crippen LogP) is 4.78. The molecule has 174 valence electrons. The van der Waals surface area contributed by atoms with E-state index in [0.717, 1.165) is 24.5 Å². The molecule has 2 unspecified atom stereocenters. The molecule has 2 atom stereocenters. The smallest absolute Gasteiger partial charge is 0.410 e. The molecule has 4 aliphatic rings. The van der Waals surface area contributed by atoms with Crippen molar-refractivity contribution < 1.29 is 23.5 Å². The van der Waals surface area contributed by atoms with E-state index < -0.39 is 5.82 Å². The van der Waals surface area contributed by atoms with Gasteiger partial charge in [-0.05, 0) is 55.0 Å². The van der Waals surface area contributed by atoms with E-state index in [1.165, 1.54) is 12.1 Å². The van der Waals surface area contributed by atoms with Crippen LogP contribution in [0, 0.1) is 11.7 Å². The number of rotatable bonds is 6. The highest BCUT2D eigenvalue weighted by atomic mass is 35.5. The number of nitrogens with one attached hydrogen (secondary N) is 1. The van der Waals surface area contributed by atoms with Gasteiger partial charge in [-0.2, -0.15) is 0 Å². The molecule has 6 rings (SSSR count). The van der Waals surface area contributed by atoms with Crippen molar-refractivity contribution in [2.75, 3.05) is 19.8 Å². The fourth-order valence-electron chi connectivity index (χ4n) is 5.34. The van der Waals surface area contributed by atoms with E-state index >= 15 is 0 Å². The maximum absolute atomic E-state index is 13.5. The number of carbonyl (C=O) groups excluding carboxylic acids is 2. The van der Waals surface area contributed by atoms with Crippen LogP contribution in [0.1, 0.15) is 30.7 Å². The Morgan fingerprint density at radius 3 is 2.67 bits per heavy atom. The highest BCUT2D eigenvalue weighted by Gasteiger charge is 2.59.